The van der Waals surface area contributed by atoms with Gasteiger partial charge in [0.1, 0.15) is 18.0 Å². The van der Waals surface area contributed by atoms with Crippen molar-refractivity contribution in [2.45, 2.75) is 26.9 Å². The van der Waals surface area contributed by atoms with Gasteiger partial charge in [-0.25, -0.2) is 0 Å². The van der Waals surface area contributed by atoms with Crippen LogP contribution in [-0.2, 0) is 17.9 Å². The molecule has 3 rings (SSSR count). The molecule has 2 aromatic rings. The molecule has 0 spiro atoms. The van der Waals surface area contributed by atoms with Crippen LogP contribution in [0.4, 0.5) is 0 Å². The molecule has 27 heavy (non-hydrogen) atoms. The summed E-state index contributed by atoms with van der Waals surface area (Å²) in [6.45, 7) is 8.19. The SMILES string of the molecule is COc1ccc(CN2CCN(C(=O)Cn3nc(C)cc3C)CC2)c(OC)c1. The largest absolute Gasteiger partial charge is 0.497 e. The number of ether oxygens (including phenoxy) is 2. The standard InChI is InChI=1S/C20H28N4O3/c1-15-11-16(2)24(21-15)14-20(25)23-9-7-22(8-10-23)13-17-5-6-18(26-3)12-19(17)27-4/h5-6,11-12H,7-10,13-14H2,1-4H3. The molecule has 7 nitrogen and oxygen atoms in total. The Hall–Kier alpha value is -2.54. The van der Waals surface area contributed by atoms with Gasteiger partial charge in [-0.15, -0.1) is 0 Å². The Balaban J connectivity index is 1.54. The fourth-order valence-corrected chi connectivity index (χ4v) is 3.44. The molecular weight excluding hydrogens is 344 g/mol. The molecule has 0 unspecified atom stereocenters. The summed E-state index contributed by atoms with van der Waals surface area (Å²) in [6.07, 6.45) is 0. The third kappa shape index (κ3) is 4.60. The average molecular weight is 372 g/mol. The Morgan fingerprint density at radius 2 is 1.81 bits per heavy atom. The van der Waals surface area contributed by atoms with E-state index >= 15 is 0 Å². The molecule has 1 fully saturated rings. The topological polar surface area (TPSA) is 59.8 Å². The number of benzene rings is 1. The first-order valence-electron chi connectivity index (χ1n) is 9.22. The lowest BCUT2D eigenvalue weighted by molar-refractivity contribution is -0.133. The van der Waals surface area contributed by atoms with Crippen LogP contribution in [-0.4, -0.2) is 65.9 Å². The number of methoxy groups -OCH3 is 2. The molecule has 0 atom stereocenters. The minimum absolute atomic E-state index is 0.128. The van der Waals surface area contributed by atoms with Crippen molar-refractivity contribution in [1.82, 2.24) is 19.6 Å². The normalized spacial score (nSPS) is 15.0. The molecule has 146 valence electrons. The minimum atomic E-state index is 0.128. The number of hydrogen-bond acceptors (Lipinski definition) is 5. The Kier molecular flexibility index (Phi) is 6.01. The second-order valence-corrected chi connectivity index (χ2v) is 6.92. The number of carbonyl (C=O) groups is 1. The Morgan fingerprint density at radius 3 is 2.41 bits per heavy atom. The highest BCUT2D eigenvalue weighted by Gasteiger charge is 2.22. The van der Waals surface area contributed by atoms with Crippen LogP contribution in [0.1, 0.15) is 17.0 Å². The average Bonchev–Trinajstić information content (AvgIpc) is 2.99. The molecule has 0 radical (unpaired) electrons. The van der Waals surface area contributed by atoms with E-state index in [1.54, 1.807) is 18.9 Å². The minimum Gasteiger partial charge on any atom is -0.497 e. The van der Waals surface area contributed by atoms with Gasteiger partial charge in [0.15, 0.2) is 0 Å². The van der Waals surface area contributed by atoms with Gasteiger partial charge in [0.25, 0.3) is 0 Å². The number of piperazine rings is 1. The van der Waals surface area contributed by atoms with Crippen LogP contribution >= 0.6 is 0 Å². The van der Waals surface area contributed by atoms with Gasteiger partial charge in [-0.2, -0.15) is 5.10 Å². The van der Waals surface area contributed by atoms with Crippen molar-refractivity contribution >= 4 is 5.91 Å². The third-order valence-corrected chi connectivity index (χ3v) is 5.00. The Bertz CT molecular complexity index is 795. The molecule has 0 N–H and O–H groups in total. The molecule has 1 aromatic heterocycles. The third-order valence-electron chi connectivity index (χ3n) is 5.00. The van der Waals surface area contributed by atoms with Crippen molar-refractivity contribution in [2.24, 2.45) is 0 Å². The highest BCUT2D eigenvalue weighted by atomic mass is 16.5. The second-order valence-electron chi connectivity index (χ2n) is 6.92. The fraction of sp³-hybridized carbons (Fsp3) is 0.500. The Labute approximate surface area is 160 Å². The van der Waals surface area contributed by atoms with Gasteiger partial charge in [0.05, 0.1) is 19.9 Å². The van der Waals surface area contributed by atoms with Crippen LogP contribution in [0.15, 0.2) is 24.3 Å². The lowest BCUT2D eigenvalue weighted by Gasteiger charge is -2.35. The number of aryl methyl sites for hydroxylation is 2. The van der Waals surface area contributed by atoms with E-state index in [2.05, 4.69) is 10.00 Å². The van der Waals surface area contributed by atoms with Crippen molar-refractivity contribution < 1.29 is 14.3 Å². The monoisotopic (exact) mass is 372 g/mol. The summed E-state index contributed by atoms with van der Waals surface area (Å²) < 4.78 is 12.5. The van der Waals surface area contributed by atoms with E-state index in [0.29, 0.717) is 6.54 Å². The lowest BCUT2D eigenvalue weighted by atomic mass is 10.1. The smallest absolute Gasteiger partial charge is 0.244 e. The highest BCUT2D eigenvalue weighted by Crippen LogP contribution is 2.26. The molecular formula is C20H28N4O3. The molecule has 1 aliphatic heterocycles. The van der Waals surface area contributed by atoms with Gasteiger partial charge in [-0.1, -0.05) is 6.07 Å². The molecule has 1 saturated heterocycles. The van der Waals surface area contributed by atoms with E-state index in [1.807, 2.05) is 43.0 Å². The second kappa shape index (κ2) is 8.43. The number of amides is 1. The Morgan fingerprint density at radius 1 is 1.07 bits per heavy atom. The van der Waals surface area contributed by atoms with Crippen LogP contribution < -0.4 is 9.47 Å². The van der Waals surface area contributed by atoms with Gasteiger partial charge in [-0.05, 0) is 26.0 Å². The first-order chi connectivity index (χ1) is 13.0. The van der Waals surface area contributed by atoms with Gasteiger partial charge < -0.3 is 14.4 Å². The molecule has 0 aliphatic carbocycles. The number of nitrogens with zero attached hydrogens (tertiary/aromatic N) is 4. The number of carbonyl (C=O) groups excluding carboxylic acids is 1. The van der Waals surface area contributed by atoms with E-state index in [-0.39, 0.29) is 5.91 Å². The quantitative estimate of drug-likeness (QED) is 0.775. The highest BCUT2D eigenvalue weighted by molar-refractivity contribution is 5.76. The maximum atomic E-state index is 12.6. The van der Waals surface area contributed by atoms with Gasteiger partial charge in [0.2, 0.25) is 5.91 Å². The van der Waals surface area contributed by atoms with Crippen LogP contribution in [0, 0.1) is 13.8 Å². The van der Waals surface area contributed by atoms with Crippen LogP contribution in [0.3, 0.4) is 0 Å². The van der Waals surface area contributed by atoms with E-state index in [9.17, 15) is 4.79 Å². The fourth-order valence-electron chi connectivity index (χ4n) is 3.44. The first-order valence-corrected chi connectivity index (χ1v) is 9.22. The van der Waals surface area contributed by atoms with Crippen molar-refractivity contribution in [2.75, 3.05) is 40.4 Å². The van der Waals surface area contributed by atoms with Crippen molar-refractivity contribution in [3.63, 3.8) is 0 Å². The van der Waals surface area contributed by atoms with Crippen molar-refractivity contribution in [3.05, 3.63) is 41.2 Å². The van der Waals surface area contributed by atoms with Gasteiger partial charge >= 0.3 is 0 Å². The summed E-state index contributed by atoms with van der Waals surface area (Å²) in [5.41, 5.74) is 3.09. The first kappa shape index (κ1) is 19.2. The van der Waals surface area contributed by atoms with Crippen molar-refractivity contribution in [3.8, 4) is 11.5 Å². The maximum absolute atomic E-state index is 12.6. The van der Waals surface area contributed by atoms with Crippen molar-refractivity contribution in [1.29, 1.82) is 0 Å². The summed E-state index contributed by atoms with van der Waals surface area (Å²) in [4.78, 5) is 16.9. The predicted molar refractivity (Wildman–Crippen MR) is 103 cm³/mol. The summed E-state index contributed by atoms with van der Waals surface area (Å²) >= 11 is 0. The van der Waals surface area contributed by atoms with Gasteiger partial charge in [-0.3, -0.25) is 14.4 Å². The maximum Gasteiger partial charge on any atom is 0.244 e. The van der Waals surface area contributed by atoms with Gasteiger partial charge in [0, 0.05) is 50.0 Å². The van der Waals surface area contributed by atoms with E-state index in [1.165, 1.54) is 0 Å². The van der Waals surface area contributed by atoms with Crippen LogP contribution in [0.5, 0.6) is 11.5 Å². The van der Waals surface area contributed by atoms with Crippen LogP contribution in [0.25, 0.3) is 0 Å². The molecule has 1 amide bonds. The zero-order valence-corrected chi connectivity index (χ0v) is 16.6. The molecule has 1 aliphatic rings. The van der Waals surface area contributed by atoms with Crippen LogP contribution in [0.2, 0.25) is 0 Å². The zero-order valence-electron chi connectivity index (χ0n) is 16.6. The molecule has 7 heteroatoms. The van der Waals surface area contributed by atoms with E-state index < -0.39 is 0 Å². The summed E-state index contributed by atoms with van der Waals surface area (Å²) in [5.74, 6) is 1.75. The molecule has 0 saturated carbocycles. The predicted octanol–water partition coefficient (Wildman–Crippen LogP) is 1.86. The summed E-state index contributed by atoms with van der Waals surface area (Å²) in [7, 11) is 3.32. The number of hydrogen-bond donors (Lipinski definition) is 0. The molecule has 2 heterocycles. The number of aromatic nitrogens is 2. The lowest BCUT2D eigenvalue weighted by Crippen LogP contribution is -2.49. The molecule has 0 bridgehead atoms. The number of rotatable bonds is 6. The molecule has 1 aromatic carbocycles. The van der Waals surface area contributed by atoms with E-state index in [4.69, 9.17) is 9.47 Å². The summed E-state index contributed by atoms with van der Waals surface area (Å²) in [6, 6.07) is 7.89. The zero-order chi connectivity index (χ0) is 19.4. The summed E-state index contributed by atoms with van der Waals surface area (Å²) in [5, 5.41) is 4.38. The van der Waals surface area contributed by atoms with E-state index in [0.717, 1.165) is 61.2 Å².